The number of nitrogens with zero attached hydrogens (tertiary/aromatic N) is 2. The van der Waals surface area contributed by atoms with Crippen LogP contribution in [0.2, 0.25) is 0 Å². The second-order valence-corrected chi connectivity index (χ2v) is 7.85. The van der Waals surface area contributed by atoms with Gasteiger partial charge in [0, 0.05) is 26.1 Å². The number of methoxy groups -OCH3 is 1. The van der Waals surface area contributed by atoms with Gasteiger partial charge in [-0.1, -0.05) is 30.3 Å². The molecule has 0 saturated carbocycles. The van der Waals surface area contributed by atoms with E-state index in [4.69, 9.17) is 4.74 Å². The molecule has 2 aromatic rings. The molecule has 3 rings (SSSR count). The SMILES string of the molecule is COc1ccc(C)cc1N1CC(C(=O)NCc2ccc(CN(C)C)cc2)CC1=O. The lowest BCUT2D eigenvalue weighted by Crippen LogP contribution is -2.32. The molecular weight excluding hydrogens is 366 g/mol. The number of amides is 2. The number of carbonyl (C=O) groups is 2. The van der Waals surface area contributed by atoms with Gasteiger partial charge in [0.2, 0.25) is 11.8 Å². The summed E-state index contributed by atoms with van der Waals surface area (Å²) in [7, 11) is 5.65. The van der Waals surface area contributed by atoms with Gasteiger partial charge < -0.3 is 19.9 Å². The molecule has 29 heavy (non-hydrogen) atoms. The van der Waals surface area contributed by atoms with Crippen LogP contribution in [0.3, 0.4) is 0 Å². The van der Waals surface area contributed by atoms with E-state index in [-0.39, 0.29) is 24.2 Å². The molecular formula is C23H29N3O3. The van der Waals surface area contributed by atoms with Crippen LogP contribution in [0.4, 0.5) is 5.69 Å². The molecule has 1 aliphatic heterocycles. The van der Waals surface area contributed by atoms with Gasteiger partial charge >= 0.3 is 0 Å². The van der Waals surface area contributed by atoms with Crippen molar-refractivity contribution in [1.82, 2.24) is 10.2 Å². The van der Waals surface area contributed by atoms with Gasteiger partial charge in [-0.25, -0.2) is 0 Å². The zero-order valence-corrected chi connectivity index (χ0v) is 17.6. The van der Waals surface area contributed by atoms with E-state index in [0.29, 0.717) is 18.8 Å². The summed E-state index contributed by atoms with van der Waals surface area (Å²) in [5.41, 5.74) is 4.04. The summed E-state index contributed by atoms with van der Waals surface area (Å²) >= 11 is 0. The van der Waals surface area contributed by atoms with E-state index >= 15 is 0 Å². The Kier molecular flexibility index (Phi) is 6.54. The topological polar surface area (TPSA) is 61.9 Å². The zero-order valence-electron chi connectivity index (χ0n) is 17.6. The number of benzene rings is 2. The third kappa shape index (κ3) is 5.15. The van der Waals surface area contributed by atoms with Gasteiger partial charge in [-0.05, 0) is 49.8 Å². The second kappa shape index (κ2) is 9.09. The summed E-state index contributed by atoms with van der Waals surface area (Å²) in [5.74, 6) is 0.135. The average Bonchev–Trinajstić information content (AvgIpc) is 3.08. The van der Waals surface area contributed by atoms with E-state index in [2.05, 4.69) is 22.3 Å². The van der Waals surface area contributed by atoms with Crippen molar-refractivity contribution in [2.45, 2.75) is 26.4 Å². The normalized spacial score (nSPS) is 16.4. The van der Waals surface area contributed by atoms with Crippen LogP contribution in [0.15, 0.2) is 42.5 Å². The minimum absolute atomic E-state index is 0.0536. The van der Waals surface area contributed by atoms with Crippen LogP contribution in [0.25, 0.3) is 0 Å². The van der Waals surface area contributed by atoms with E-state index in [1.807, 2.05) is 51.4 Å². The standard InChI is InChI=1S/C23H29N3O3/c1-16-5-10-21(29-4)20(11-16)26-15-19(12-22(26)27)23(28)24-13-17-6-8-18(9-7-17)14-25(2)3/h5-11,19H,12-15H2,1-4H3,(H,24,28). The Bertz CT molecular complexity index is 877. The number of hydrogen-bond donors (Lipinski definition) is 1. The molecule has 0 bridgehead atoms. The van der Waals surface area contributed by atoms with E-state index < -0.39 is 0 Å². The van der Waals surface area contributed by atoms with E-state index in [9.17, 15) is 9.59 Å². The number of carbonyl (C=O) groups excluding carboxylic acids is 2. The summed E-state index contributed by atoms with van der Waals surface area (Å²) < 4.78 is 5.40. The maximum atomic E-state index is 12.6. The fraction of sp³-hybridized carbons (Fsp3) is 0.391. The Balaban J connectivity index is 1.60. The zero-order chi connectivity index (χ0) is 21.0. The second-order valence-electron chi connectivity index (χ2n) is 7.85. The van der Waals surface area contributed by atoms with Crippen LogP contribution in [-0.2, 0) is 22.7 Å². The van der Waals surface area contributed by atoms with Crippen molar-refractivity contribution in [3.63, 3.8) is 0 Å². The molecule has 1 heterocycles. The number of rotatable bonds is 7. The van der Waals surface area contributed by atoms with Crippen molar-refractivity contribution in [2.24, 2.45) is 5.92 Å². The Labute approximate surface area is 172 Å². The van der Waals surface area contributed by atoms with Crippen LogP contribution in [0, 0.1) is 12.8 Å². The molecule has 0 radical (unpaired) electrons. The van der Waals surface area contributed by atoms with Crippen molar-refractivity contribution in [3.8, 4) is 5.75 Å². The average molecular weight is 396 g/mol. The highest BCUT2D eigenvalue weighted by Crippen LogP contribution is 2.33. The van der Waals surface area contributed by atoms with Crippen LogP contribution in [0.1, 0.15) is 23.1 Å². The molecule has 1 N–H and O–H groups in total. The molecule has 2 amide bonds. The highest BCUT2D eigenvalue weighted by Gasteiger charge is 2.36. The van der Waals surface area contributed by atoms with E-state index in [1.165, 1.54) is 5.56 Å². The third-order valence-corrected chi connectivity index (χ3v) is 5.11. The first-order valence-electron chi connectivity index (χ1n) is 9.82. The molecule has 6 nitrogen and oxygen atoms in total. The third-order valence-electron chi connectivity index (χ3n) is 5.11. The first kappa shape index (κ1) is 20.9. The number of nitrogens with one attached hydrogen (secondary N) is 1. The Morgan fingerprint density at radius 1 is 1.17 bits per heavy atom. The summed E-state index contributed by atoms with van der Waals surface area (Å²) in [4.78, 5) is 29.0. The van der Waals surface area contributed by atoms with Gasteiger partial charge in [0.25, 0.3) is 0 Å². The van der Waals surface area contributed by atoms with Crippen molar-refractivity contribution >= 4 is 17.5 Å². The molecule has 0 spiro atoms. The Morgan fingerprint density at radius 3 is 2.52 bits per heavy atom. The quantitative estimate of drug-likeness (QED) is 0.783. The number of anilines is 1. The Morgan fingerprint density at radius 2 is 1.86 bits per heavy atom. The van der Waals surface area contributed by atoms with Crippen molar-refractivity contribution < 1.29 is 14.3 Å². The largest absolute Gasteiger partial charge is 0.495 e. The maximum absolute atomic E-state index is 12.6. The molecule has 1 fully saturated rings. The fourth-order valence-corrected chi connectivity index (χ4v) is 3.59. The predicted octanol–water partition coefficient (Wildman–Crippen LogP) is 2.73. The number of hydrogen-bond acceptors (Lipinski definition) is 4. The molecule has 1 aliphatic rings. The van der Waals surface area contributed by atoms with Gasteiger partial charge in [0.05, 0.1) is 18.7 Å². The van der Waals surface area contributed by atoms with Crippen molar-refractivity contribution in [3.05, 3.63) is 59.2 Å². The van der Waals surface area contributed by atoms with Gasteiger partial charge in [0.1, 0.15) is 5.75 Å². The predicted molar refractivity (Wildman–Crippen MR) is 114 cm³/mol. The number of ether oxygens (including phenoxy) is 1. The van der Waals surface area contributed by atoms with Crippen molar-refractivity contribution in [2.75, 3.05) is 32.6 Å². The van der Waals surface area contributed by atoms with E-state index in [0.717, 1.165) is 23.4 Å². The van der Waals surface area contributed by atoms with Crippen molar-refractivity contribution in [1.29, 1.82) is 0 Å². The summed E-state index contributed by atoms with van der Waals surface area (Å²) in [6.45, 7) is 3.68. The smallest absolute Gasteiger partial charge is 0.227 e. The highest BCUT2D eigenvalue weighted by atomic mass is 16.5. The molecule has 1 unspecified atom stereocenters. The lowest BCUT2D eigenvalue weighted by Gasteiger charge is -2.20. The summed E-state index contributed by atoms with van der Waals surface area (Å²) in [6, 6.07) is 13.9. The molecule has 1 atom stereocenters. The van der Waals surface area contributed by atoms with Crippen LogP contribution >= 0.6 is 0 Å². The molecule has 2 aromatic carbocycles. The fourth-order valence-electron chi connectivity index (χ4n) is 3.59. The monoisotopic (exact) mass is 395 g/mol. The minimum atomic E-state index is -0.360. The van der Waals surface area contributed by atoms with Gasteiger partial charge in [0.15, 0.2) is 0 Å². The molecule has 154 valence electrons. The summed E-state index contributed by atoms with van der Waals surface area (Å²) in [6.07, 6.45) is 0.213. The molecule has 6 heteroatoms. The first-order chi connectivity index (χ1) is 13.9. The summed E-state index contributed by atoms with van der Waals surface area (Å²) in [5, 5.41) is 2.97. The van der Waals surface area contributed by atoms with E-state index in [1.54, 1.807) is 12.0 Å². The van der Waals surface area contributed by atoms with Crippen LogP contribution < -0.4 is 15.0 Å². The van der Waals surface area contributed by atoms with Gasteiger partial charge in [-0.15, -0.1) is 0 Å². The molecule has 0 aromatic heterocycles. The minimum Gasteiger partial charge on any atom is -0.495 e. The number of aryl methyl sites for hydroxylation is 1. The maximum Gasteiger partial charge on any atom is 0.227 e. The van der Waals surface area contributed by atoms with Gasteiger partial charge in [-0.2, -0.15) is 0 Å². The Hall–Kier alpha value is -2.86. The highest BCUT2D eigenvalue weighted by molar-refractivity contribution is 6.01. The van der Waals surface area contributed by atoms with Crippen LogP contribution in [0.5, 0.6) is 5.75 Å². The van der Waals surface area contributed by atoms with Crippen LogP contribution in [-0.4, -0.2) is 44.5 Å². The molecule has 0 aliphatic carbocycles. The van der Waals surface area contributed by atoms with Gasteiger partial charge in [-0.3, -0.25) is 9.59 Å². The first-order valence-corrected chi connectivity index (χ1v) is 9.82. The lowest BCUT2D eigenvalue weighted by atomic mass is 10.1. The molecule has 1 saturated heterocycles. The lowest BCUT2D eigenvalue weighted by molar-refractivity contribution is -0.126.